The summed E-state index contributed by atoms with van der Waals surface area (Å²) in [5.41, 5.74) is 1.71. The Labute approximate surface area is 207 Å². The van der Waals surface area contributed by atoms with Gasteiger partial charge in [0.05, 0.1) is 23.6 Å². The summed E-state index contributed by atoms with van der Waals surface area (Å²) in [5.74, 6) is -0.146. The monoisotopic (exact) mass is 495 g/mol. The number of anilines is 3. The van der Waals surface area contributed by atoms with Crippen LogP contribution in [0.25, 0.3) is 0 Å². The highest BCUT2D eigenvalue weighted by atomic mass is 32.2. The summed E-state index contributed by atoms with van der Waals surface area (Å²) in [5, 5.41) is 3.45. The molecule has 2 aromatic carbocycles. The second kappa shape index (κ2) is 11.7. The van der Waals surface area contributed by atoms with E-state index in [1.807, 2.05) is 0 Å². The molecule has 0 radical (unpaired) electrons. The van der Waals surface area contributed by atoms with Crippen LogP contribution < -0.4 is 15.1 Å². The minimum absolute atomic E-state index is 0.110. The zero-order valence-electron chi connectivity index (χ0n) is 19.3. The molecule has 1 aliphatic heterocycles. The number of para-hydroxylation sites is 1. The lowest BCUT2D eigenvalue weighted by Gasteiger charge is -2.37. The Morgan fingerprint density at radius 3 is 2.43 bits per heavy atom. The molecule has 1 N–H and O–H groups in total. The molecule has 10 heteroatoms. The first-order valence-corrected chi connectivity index (χ1v) is 12.3. The second-order valence-corrected chi connectivity index (χ2v) is 8.70. The normalized spacial score (nSPS) is 13.4. The lowest BCUT2D eigenvalue weighted by atomic mass is 10.2. The maximum absolute atomic E-state index is 13.2. The standard InChI is InChI=1S/C25H26FN5O3S/c1-2-34-25(33)20-5-3-4-6-21(20)29-22(32)17-35-24-23(27-11-12-28-24)31-15-13-30(14-16-31)19-9-7-18(26)8-10-19/h3-12H,2,13-17H2,1H3,(H,29,32). The Hall–Kier alpha value is -3.66. The van der Waals surface area contributed by atoms with E-state index in [2.05, 4.69) is 25.1 Å². The maximum atomic E-state index is 13.2. The highest BCUT2D eigenvalue weighted by Crippen LogP contribution is 2.28. The molecule has 182 valence electrons. The Morgan fingerprint density at radius 1 is 1.00 bits per heavy atom. The third kappa shape index (κ3) is 6.27. The molecule has 0 unspecified atom stereocenters. The van der Waals surface area contributed by atoms with Crippen molar-refractivity contribution < 1.29 is 18.7 Å². The Kier molecular flexibility index (Phi) is 8.15. The highest BCUT2D eigenvalue weighted by Gasteiger charge is 2.22. The number of benzene rings is 2. The number of aromatic nitrogens is 2. The van der Waals surface area contributed by atoms with Crippen molar-refractivity contribution in [3.05, 3.63) is 72.3 Å². The predicted octanol–water partition coefficient (Wildman–Crippen LogP) is 3.85. The zero-order chi connectivity index (χ0) is 24.6. The van der Waals surface area contributed by atoms with Crippen molar-refractivity contribution >= 4 is 40.8 Å². The number of halogens is 1. The van der Waals surface area contributed by atoms with E-state index in [-0.39, 0.29) is 24.1 Å². The van der Waals surface area contributed by atoms with Crippen molar-refractivity contribution in [2.24, 2.45) is 0 Å². The number of hydrogen-bond acceptors (Lipinski definition) is 8. The van der Waals surface area contributed by atoms with Crippen LogP contribution in [0.5, 0.6) is 0 Å². The van der Waals surface area contributed by atoms with E-state index >= 15 is 0 Å². The van der Waals surface area contributed by atoms with Crippen LogP contribution in [0.2, 0.25) is 0 Å². The minimum atomic E-state index is -0.480. The van der Waals surface area contributed by atoms with Crippen molar-refractivity contribution in [3.63, 3.8) is 0 Å². The average molecular weight is 496 g/mol. The fourth-order valence-corrected chi connectivity index (χ4v) is 4.55. The second-order valence-electron chi connectivity index (χ2n) is 7.74. The number of hydrogen-bond donors (Lipinski definition) is 1. The molecule has 0 aliphatic carbocycles. The van der Waals surface area contributed by atoms with Gasteiger partial charge in [0.25, 0.3) is 0 Å². The number of esters is 1. The fourth-order valence-electron chi connectivity index (χ4n) is 3.76. The number of ether oxygens (including phenoxy) is 1. The van der Waals surface area contributed by atoms with Crippen LogP contribution >= 0.6 is 11.8 Å². The predicted molar refractivity (Wildman–Crippen MR) is 135 cm³/mol. The summed E-state index contributed by atoms with van der Waals surface area (Å²) in [6, 6.07) is 13.3. The zero-order valence-corrected chi connectivity index (χ0v) is 20.1. The summed E-state index contributed by atoms with van der Waals surface area (Å²) in [6.07, 6.45) is 3.25. The smallest absolute Gasteiger partial charge is 0.340 e. The summed E-state index contributed by atoms with van der Waals surface area (Å²) < 4.78 is 18.3. The van der Waals surface area contributed by atoms with Gasteiger partial charge in [-0.1, -0.05) is 23.9 Å². The first kappa shape index (κ1) is 24.5. The van der Waals surface area contributed by atoms with Gasteiger partial charge < -0.3 is 19.9 Å². The van der Waals surface area contributed by atoms with Gasteiger partial charge in [0, 0.05) is 44.3 Å². The van der Waals surface area contributed by atoms with E-state index in [0.717, 1.165) is 37.7 Å². The van der Waals surface area contributed by atoms with Crippen molar-refractivity contribution in [2.75, 3.05) is 53.7 Å². The number of rotatable bonds is 8. The van der Waals surface area contributed by atoms with E-state index in [1.165, 1.54) is 23.9 Å². The number of amides is 1. The molecule has 0 saturated carbocycles. The van der Waals surface area contributed by atoms with Crippen molar-refractivity contribution in [3.8, 4) is 0 Å². The quantitative estimate of drug-likeness (QED) is 0.373. The van der Waals surface area contributed by atoms with Crippen molar-refractivity contribution in [1.82, 2.24) is 9.97 Å². The van der Waals surface area contributed by atoms with Gasteiger partial charge in [0.1, 0.15) is 10.8 Å². The molecule has 35 heavy (non-hydrogen) atoms. The number of thioether (sulfide) groups is 1. The van der Waals surface area contributed by atoms with Crippen LogP contribution in [0.15, 0.2) is 66.0 Å². The van der Waals surface area contributed by atoms with Crippen LogP contribution in [0, 0.1) is 5.82 Å². The molecule has 2 heterocycles. The molecular formula is C25H26FN5O3S. The van der Waals surface area contributed by atoms with E-state index in [1.54, 1.807) is 55.7 Å². The first-order valence-electron chi connectivity index (χ1n) is 11.3. The van der Waals surface area contributed by atoms with Crippen LogP contribution in [0.4, 0.5) is 21.6 Å². The largest absolute Gasteiger partial charge is 0.462 e. The molecule has 1 saturated heterocycles. The van der Waals surface area contributed by atoms with Gasteiger partial charge >= 0.3 is 5.97 Å². The summed E-state index contributed by atoms with van der Waals surface area (Å²) in [7, 11) is 0. The van der Waals surface area contributed by atoms with Crippen LogP contribution in [0.1, 0.15) is 17.3 Å². The molecule has 1 aliphatic rings. The van der Waals surface area contributed by atoms with Gasteiger partial charge in [-0.15, -0.1) is 0 Å². The topological polar surface area (TPSA) is 87.7 Å². The van der Waals surface area contributed by atoms with Gasteiger partial charge in [-0.05, 0) is 43.3 Å². The number of nitrogens with one attached hydrogen (secondary N) is 1. The Bertz CT molecular complexity index is 1170. The third-order valence-corrected chi connectivity index (χ3v) is 6.42. The van der Waals surface area contributed by atoms with Gasteiger partial charge in [-0.2, -0.15) is 0 Å². The molecule has 1 aromatic heterocycles. The molecule has 1 fully saturated rings. The van der Waals surface area contributed by atoms with E-state index in [9.17, 15) is 14.0 Å². The fraction of sp³-hybridized carbons (Fsp3) is 0.280. The Morgan fingerprint density at radius 2 is 1.69 bits per heavy atom. The Balaban J connectivity index is 1.36. The third-order valence-electron chi connectivity index (χ3n) is 5.45. The molecule has 0 bridgehead atoms. The summed E-state index contributed by atoms with van der Waals surface area (Å²) in [6.45, 7) is 4.96. The number of nitrogens with zero attached hydrogens (tertiary/aromatic N) is 4. The van der Waals surface area contributed by atoms with Crippen LogP contribution in [0.3, 0.4) is 0 Å². The molecule has 0 atom stereocenters. The van der Waals surface area contributed by atoms with E-state index in [0.29, 0.717) is 16.3 Å². The maximum Gasteiger partial charge on any atom is 0.340 e. The summed E-state index contributed by atoms with van der Waals surface area (Å²) in [4.78, 5) is 38.1. The average Bonchev–Trinajstić information content (AvgIpc) is 2.89. The number of piperazine rings is 1. The molecule has 8 nitrogen and oxygen atoms in total. The van der Waals surface area contributed by atoms with Gasteiger partial charge in [-0.3, -0.25) is 4.79 Å². The van der Waals surface area contributed by atoms with Gasteiger partial charge in [0.15, 0.2) is 5.82 Å². The molecular weight excluding hydrogens is 469 g/mol. The van der Waals surface area contributed by atoms with Gasteiger partial charge in [0.2, 0.25) is 5.91 Å². The molecule has 0 spiro atoms. The highest BCUT2D eigenvalue weighted by molar-refractivity contribution is 8.00. The number of carbonyl (C=O) groups is 2. The SMILES string of the molecule is CCOC(=O)c1ccccc1NC(=O)CSc1nccnc1N1CCN(c2ccc(F)cc2)CC1. The summed E-state index contributed by atoms with van der Waals surface area (Å²) >= 11 is 1.29. The first-order chi connectivity index (χ1) is 17.0. The van der Waals surface area contributed by atoms with Gasteiger partial charge in [-0.25, -0.2) is 19.2 Å². The van der Waals surface area contributed by atoms with Crippen molar-refractivity contribution in [1.29, 1.82) is 0 Å². The van der Waals surface area contributed by atoms with Crippen LogP contribution in [-0.4, -0.2) is 60.4 Å². The lowest BCUT2D eigenvalue weighted by molar-refractivity contribution is -0.113. The van der Waals surface area contributed by atoms with E-state index in [4.69, 9.17) is 4.74 Å². The van der Waals surface area contributed by atoms with E-state index < -0.39 is 5.97 Å². The molecule has 3 aromatic rings. The minimum Gasteiger partial charge on any atom is -0.462 e. The molecule has 4 rings (SSSR count). The molecule has 1 amide bonds. The van der Waals surface area contributed by atoms with Crippen molar-refractivity contribution in [2.45, 2.75) is 11.9 Å². The van der Waals surface area contributed by atoms with Crippen LogP contribution in [-0.2, 0) is 9.53 Å². The lowest BCUT2D eigenvalue weighted by Crippen LogP contribution is -2.47. The number of carbonyl (C=O) groups excluding carboxylic acids is 2.